The van der Waals surface area contributed by atoms with E-state index in [0.29, 0.717) is 13.0 Å². The molecule has 106 valence electrons. The number of aliphatic hydroxyl groups is 1. The average Bonchev–Trinajstić information content (AvgIpc) is 2.38. The van der Waals surface area contributed by atoms with Gasteiger partial charge in [-0.2, -0.15) is 0 Å². The minimum absolute atomic E-state index is 0.124. The van der Waals surface area contributed by atoms with Crippen LogP contribution in [0.4, 0.5) is 0 Å². The van der Waals surface area contributed by atoms with Crippen LogP contribution in [-0.2, 0) is 16.0 Å². The van der Waals surface area contributed by atoms with E-state index in [4.69, 9.17) is 9.84 Å². The van der Waals surface area contributed by atoms with Gasteiger partial charge in [0.15, 0.2) is 0 Å². The summed E-state index contributed by atoms with van der Waals surface area (Å²) < 4.78 is 6.14. The molecule has 0 bridgehead atoms. The Bertz CT molecular complexity index is 393. The first-order valence-corrected chi connectivity index (χ1v) is 7.48. The van der Waals surface area contributed by atoms with E-state index < -0.39 is 0 Å². The molecule has 0 aliphatic carbocycles. The summed E-state index contributed by atoms with van der Waals surface area (Å²) in [6, 6.07) is 7.98. The van der Waals surface area contributed by atoms with Crippen molar-refractivity contribution in [3.63, 3.8) is 0 Å². The van der Waals surface area contributed by atoms with Gasteiger partial charge in [0.05, 0.1) is 12.5 Å². The highest BCUT2D eigenvalue weighted by Crippen LogP contribution is 2.19. The van der Waals surface area contributed by atoms with Crippen LogP contribution in [-0.4, -0.2) is 24.3 Å². The number of hydrogen-bond acceptors (Lipinski definition) is 3. The summed E-state index contributed by atoms with van der Waals surface area (Å²) >= 11 is 3.43. The first-order valence-electron chi connectivity index (χ1n) is 6.69. The van der Waals surface area contributed by atoms with Gasteiger partial charge >= 0.3 is 5.97 Å². The Morgan fingerprint density at radius 1 is 1.42 bits per heavy atom. The molecule has 1 N–H and O–H groups in total. The zero-order chi connectivity index (χ0) is 14.1. The monoisotopic (exact) mass is 328 g/mol. The molecular formula is C15H21BrO3. The van der Waals surface area contributed by atoms with Crippen molar-refractivity contribution < 1.29 is 14.6 Å². The zero-order valence-electron chi connectivity index (χ0n) is 11.3. The average molecular weight is 329 g/mol. The Labute approximate surface area is 123 Å². The fourth-order valence-electron chi connectivity index (χ4n) is 2.01. The Kier molecular flexibility index (Phi) is 7.75. The lowest BCUT2D eigenvalue weighted by molar-refractivity contribution is -0.148. The van der Waals surface area contributed by atoms with Crippen LogP contribution in [0.15, 0.2) is 28.7 Å². The molecule has 0 aromatic heterocycles. The standard InChI is InChI=1S/C15H21BrO3/c1-2-19-15(18)13(7-3-4-9-17)10-12-6-5-8-14(16)11-12/h5-6,8,11,13,17H,2-4,7,9-10H2,1H3/t13-/m0/s1. The van der Waals surface area contributed by atoms with Crippen LogP contribution in [0.25, 0.3) is 0 Å². The lowest BCUT2D eigenvalue weighted by Gasteiger charge is -2.15. The molecule has 0 fully saturated rings. The van der Waals surface area contributed by atoms with Gasteiger partial charge in [0, 0.05) is 11.1 Å². The molecule has 0 unspecified atom stereocenters. The minimum atomic E-state index is -0.139. The molecule has 3 nitrogen and oxygen atoms in total. The molecule has 0 radical (unpaired) electrons. The number of esters is 1. The van der Waals surface area contributed by atoms with Crippen LogP contribution < -0.4 is 0 Å². The molecule has 1 atom stereocenters. The topological polar surface area (TPSA) is 46.5 Å². The molecule has 19 heavy (non-hydrogen) atoms. The second-order valence-corrected chi connectivity index (χ2v) is 5.42. The number of hydrogen-bond donors (Lipinski definition) is 1. The van der Waals surface area contributed by atoms with Gasteiger partial charge in [-0.15, -0.1) is 0 Å². The van der Waals surface area contributed by atoms with Crippen LogP contribution in [0.3, 0.4) is 0 Å². The van der Waals surface area contributed by atoms with E-state index >= 15 is 0 Å². The highest BCUT2D eigenvalue weighted by atomic mass is 79.9. The lowest BCUT2D eigenvalue weighted by atomic mass is 9.94. The van der Waals surface area contributed by atoms with Crippen LogP contribution >= 0.6 is 15.9 Å². The number of ether oxygens (including phenoxy) is 1. The van der Waals surface area contributed by atoms with Crippen molar-refractivity contribution in [2.75, 3.05) is 13.2 Å². The van der Waals surface area contributed by atoms with Crippen molar-refractivity contribution in [2.45, 2.75) is 32.6 Å². The Hall–Kier alpha value is -0.870. The Balaban J connectivity index is 2.64. The van der Waals surface area contributed by atoms with Gasteiger partial charge in [0.2, 0.25) is 0 Å². The van der Waals surface area contributed by atoms with Gasteiger partial charge in [-0.05, 0) is 43.9 Å². The molecular weight excluding hydrogens is 308 g/mol. The van der Waals surface area contributed by atoms with Crippen LogP contribution in [0.1, 0.15) is 31.7 Å². The SMILES string of the molecule is CCOC(=O)[C@@H](CCCCO)Cc1cccc(Br)c1. The number of carbonyl (C=O) groups is 1. The van der Waals surface area contributed by atoms with Crippen LogP contribution in [0, 0.1) is 5.92 Å². The summed E-state index contributed by atoms with van der Waals surface area (Å²) in [7, 11) is 0. The maximum Gasteiger partial charge on any atom is 0.309 e. The van der Waals surface area contributed by atoms with Crippen LogP contribution in [0.2, 0.25) is 0 Å². The summed E-state index contributed by atoms with van der Waals surface area (Å²) in [4.78, 5) is 11.9. The van der Waals surface area contributed by atoms with E-state index in [1.165, 1.54) is 0 Å². The van der Waals surface area contributed by atoms with Gasteiger partial charge in [0.25, 0.3) is 0 Å². The molecule has 0 spiro atoms. The van der Waals surface area contributed by atoms with E-state index in [2.05, 4.69) is 15.9 Å². The van der Waals surface area contributed by atoms with E-state index in [0.717, 1.165) is 29.3 Å². The summed E-state index contributed by atoms with van der Waals surface area (Å²) in [5, 5.41) is 8.82. The highest BCUT2D eigenvalue weighted by molar-refractivity contribution is 9.10. The van der Waals surface area contributed by atoms with Crippen molar-refractivity contribution in [3.8, 4) is 0 Å². The zero-order valence-corrected chi connectivity index (χ0v) is 12.9. The third-order valence-electron chi connectivity index (χ3n) is 2.95. The first kappa shape index (κ1) is 16.2. The predicted octanol–water partition coefficient (Wildman–Crippen LogP) is 3.33. The van der Waals surface area contributed by atoms with Crippen molar-refractivity contribution in [1.82, 2.24) is 0 Å². The van der Waals surface area contributed by atoms with Crippen molar-refractivity contribution in [1.29, 1.82) is 0 Å². The quantitative estimate of drug-likeness (QED) is 0.588. The number of unbranched alkanes of at least 4 members (excludes halogenated alkanes) is 1. The second kappa shape index (κ2) is 9.10. The number of benzene rings is 1. The number of aliphatic hydroxyl groups excluding tert-OH is 1. The molecule has 0 amide bonds. The van der Waals surface area contributed by atoms with Gasteiger partial charge in [-0.25, -0.2) is 0 Å². The molecule has 1 aromatic carbocycles. The fraction of sp³-hybridized carbons (Fsp3) is 0.533. The van der Waals surface area contributed by atoms with E-state index in [9.17, 15) is 4.79 Å². The molecule has 0 saturated carbocycles. The van der Waals surface area contributed by atoms with Crippen molar-refractivity contribution in [2.24, 2.45) is 5.92 Å². The summed E-state index contributed by atoms with van der Waals surface area (Å²) in [5.74, 6) is -0.263. The molecule has 4 heteroatoms. The van der Waals surface area contributed by atoms with Gasteiger partial charge in [0.1, 0.15) is 0 Å². The molecule has 1 aromatic rings. The molecule has 0 saturated heterocycles. The summed E-state index contributed by atoms with van der Waals surface area (Å²) in [6.07, 6.45) is 3.01. The van der Waals surface area contributed by atoms with Gasteiger partial charge < -0.3 is 9.84 Å². The third-order valence-corrected chi connectivity index (χ3v) is 3.45. The molecule has 0 aliphatic heterocycles. The van der Waals surface area contributed by atoms with Gasteiger partial charge in [-0.1, -0.05) is 34.5 Å². The third kappa shape index (κ3) is 6.21. The fourth-order valence-corrected chi connectivity index (χ4v) is 2.46. The smallest absolute Gasteiger partial charge is 0.309 e. The van der Waals surface area contributed by atoms with E-state index in [1.54, 1.807) is 0 Å². The number of carbonyl (C=O) groups excluding carboxylic acids is 1. The number of rotatable bonds is 8. The largest absolute Gasteiger partial charge is 0.466 e. The summed E-state index contributed by atoms with van der Waals surface area (Å²) in [6.45, 7) is 2.40. The lowest BCUT2D eigenvalue weighted by Crippen LogP contribution is -2.20. The number of halogens is 1. The Morgan fingerprint density at radius 3 is 2.84 bits per heavy atom. The molecule has 1 rings (SSSR count). The molecule has 0 aliphatic rings. The van der Waals surface area contributed by atoms with Crippen molar-refractivity contribution >= 4 is 21.9 Å². The predicted molar refractivity (Wildman–Crippen MR) is 78.9 cm³/mol. The maximum absolute atomic E-state index is 11.9. The van der Waals surface area contributed by atoms with Crippen LogP contribution in [0.5, 0.6) is 0 Å². The molecule has 0 heterocycles. The summed E-state index contributed by atoms with van der Waals surface area (Å²) in [5.41, 5.74) is 1.12. The van der Waals surface area contributed by atoms with Crippen molar-refractivity contribution in [3.05, 3.63) is 34.3 Å². The van der Waals surface area contributed by atoms with Gasteiger partial charge in [-0.3, -0.25) is 4.79 Å². The maximum atomic E-state index is 11.9. The van der Waals surface area contributed by atoms with E-state index in [1.807, 2.05) is 31.2 Å². The first-order chi connectivity index (χ1) is 9.17. The minimum Gasteiger partial charge on any atom is -0.466 e. The van der Waals surface area contributed by atoms with E-state index in [-0.39, 0.29) is 18.5 Å². The highest BCUT2D eigenvalue weighted by Gasteiger charge is 2.19. The normalized spacial score (nSPS) is 12.2. The second-order valence-electron chi connectivity index (χ2n) is 4.50. The Morgan fingerprint density at radius 2 is 2.21 bits per heavy atom.